The number of hydrazone groups is 1. The standard InChI is InChI=1S/C19H16N4O/c24-19(16-11-15(16)14-4-2-1-3-5-14)23-22-12-13-6-7-17-18(10-13)21-9-8-20-17/h1-10,12,15-16H,11H2,(H,23,24)/b22-12+/t15-,16+/m1/s1. The molecule has 0 bridgehead atoms. The largest absolute Gasteiger partial charge is 0.273 e. The molecule has 4 rings (SSSR count). The van der Waals surface area contributed by atoms with Crippen molar-refractivity contribution in [1.82, 2.24) is 15.4 Å². The minimum Gasteiger partial charge on any atom is -0.273 e. The number of nitrogens with zero attached hydrogens (tertiary/aromatic N) is 3. The third kappa shape index (κ3) is 3.01. The van der Waals surface area contributed by atoms with Gasteiger partial charge in [0.1, 0.15) is 0 Å². The van der Waals surface area contributed by atoms with Gasteiger partial charge in [0.15, 0.2) is 0 Å². The van der Waals surface area contributed by atoms with Gasteiger partial charge in [0.05, 0.1) is 17.2 Å². The van der Waals surface area contributed by atoms with Crippen LogP contribution < -0.4 is 5.43 Å². The number of aromatic nitrogens is 2. The summed E-state index contributed by atoms with van der Waals surface area (Å²) in [5.41, 5.74) is 6.37. The molecule has 1 aliphatic carbocycles. The van der Waals surface area contributed by atoms with Crippen LogP contribution in [0.3, 0.4) is 0 Å². The predicted molar refractivity (Wildman–Crippen MR) is 92.6 cm³/mol. The number of hydrogen-bond donors (Lipinski definition) is 1. The number of nitrogens with one attached hydrogen (secondary N) is 1. The number of carbonyl (C=O) groups is 1. The van der Waals surface area contributed by atoms with Crippen molar-refractivity contribution in [2.24, 2.45) is 11.0 Å². The summed E-state index contributed by atoms with van der Waals surface area (Å²) in [6, 6.07) is 15.8. The summed E-state index contributed by atoms with van der Waals surface area (Å²) in [4.78, 5) is 20.6. The Labute approximate surface area is 139 Å². The summed E-state index contributed by atoms with van der Waals surface area (Å²) >= 11 is 0. The highest BCUT2D eigenvalue weighted by Gasteiger charge is 2.43. The summed E-state index contributed by atoms with van der Waals surface area (Å²) in [6.45, 7) is 0. The fourth-order valence-corrected chi connectivity index (χ4v) is 2.87. The monoisotopic (exact) mass is 316 g/mol. The number of carbonyl (C=O) groups excluding carboxylic acids is 1. The van der Waals surface area contributed by atoms with Crippen LogP contribution in [0.2, 0.25) is 0 Å². The Kier molecular flexibility index (Phi) is 3.75. The molecule has 24 heavy (non-hydrogen) atoms. The number of hydrogen-bond acceptors (Lipinski definition) is 4. The molecule has 1 amide bonds. The van der Waals surface area contributed by atoms with E-state index in [2.05, 4.69) is 32.6 Å². The maximum atomic E-state index is 12.1. The van der Waals surface area contributed by atoms with Crippen molar-refractivity contribution < 1.29 is 4.79 Å². The highest BCUT2D eigenvalue weighted by atomic mass is 16.2. The summed E-state index contributed by atoms with van der Waals surface area (Å²) in [7, 11) is 0. The van der Waals surface area contributed by atoms with Crippen molar-refractivity contribution in [3.05, 3.63) is 72.1 Å². The van der Waals surface area contributed by atoms with E-state index in [-0.39, 0.29) is 11.8 Å². The first-order valence-electron chi connectivity index (χ1n) is 7.90. The van der Waals surface area contributed by atoms with Gasteiger partial charge >= 0.3 is 0 Å². The van der Waals surface area contributed by atoms with Crippen LogP contribution in [0.4, 0.5) is 0 Å². The van der Waals surface area contributed by atoms with Crippen molar-refractivity contribution in [3.8, 4) is 0 Å². The van der Waals surface area contributed by atoms with Crippen LogP contribution in [0, 0.1) is 5.92 Å². The molecule has 1 fully saturated rings. The molecule has 0 unspecified atom stereocenters. The Bertz CT molecular complexity index is 907. The molecule has 3 aromatic rings. The molecule has 1 aromatic heterocycles. The minimum atomic E-state index is -0.0271. The fourth-order valence-electron chi connectivity index (χ4n) is 2.87. The molecule has 0 saturated heterocycles. The van der Waals surface area contributed by atoms with Crippen LogP contribution in [-0.4, -0.2) is 22.1 Å². The van der Waals surface area contributed by atoms with E-state index in [4.69, 9.17) is 0 Å². The van der Waals surface area contributed by atoms with Gasteiger partial charge in [-0.2, -0.15) is 5.10 Å². The van der Waals surface area contributed by atoms with Gasteiger partial charge in [-0.25, -0.2) is 5.43 Å². The van der Waals surface area contributed by atoms with Crippen molar-refractivity contribution >= 4 is 23.2 Å². The molecular weight excluding hydrogens is 300 g/mol. The van der Waals surface area contributed by atoms with Gasteiger partial charge in [-0.15, -0.1) is 0 Å². The summed E-state index contributed by atoms with van der Waals surface area (Å²) < 4.78 is 0. The minimum absolute atomic E-state index is 0.0204. The molecule has 5 nitrogen and oxygen atoms in total. The average molecular weight is 316 g/mol. The molecule has 2 aromatic carbocycles. The predicted octanol–water partition coefficient (Wildman–Crippen LogP) is 2.88. The molecule has 0 radical (unpaired) electrons. The van der Waals surface area contributed by atoms with Crippen molar-refractivity contribution in [1.29, 1.82) is 0 Å². The zero-order chi connectivity index (χ0) is 16.4. The van der Waals surface area contributed by atoms with Gasteiger partial charge < -0.3 is 0 Å². The zero-order valence-corrected chi connectivity index (χ0v) is 13.0. The van der Waals surface area contributed by atoms with E-state index in [1.807, 2.05) is 36.4 Å². The molecule has 1 aliphatic rings. The summed E-state index contributed by atoms with van der Waals surface area (Å²) in [5.74, 6) is 0.310. The Balaban J connectivity index is 1.37. The average Bonchev–Trinajstić information content (AvgIpc) is 3.43. The number of amides is 1. The third-order valence-corrected chi connectivity index (χ3v) is 4.24. The van der Waals surface area contributed by atoms with E-state index >= 15 is 0 Å². The smallest absolute Gasteiger partial charge is 0.243 e. The highest BCUT2D eigenvalue weighted by Crippen LogP contribution is 2.47. The molecule has 118 valence electrons. The van der Waals surface area contributed by atoms with Crippen LogP contribution in [0.15, 0.2) is 66.0 Å². The Morgan fingerprint density at radius 1 is 1.08 bits per heavy atom. The van der Waals surface area contributed by atoms with E-state index < -0.39 is 0 Å². The molecule has 1 heterocycles. The first-order valence-corrected chi connectivity index (χ1v) is 7.90. The van der Waals surface area contributed by atoms with Gasteiger partial charge in [-0.1, -0.05) is 36.4 Å². The maximum absolute atomic E-state index is 12.1. The normalized spacial score (nSPS) is 19.5. The van der Waals surface area contributed by atoms with Crippen LogP contribution >= 0.6 is 0 Å². The second kappa shape index (κ2) is 6.20. The van der Waals surface area contributed by atoms with Crippen molar-refractivity contribution in [2.45, 2.75) is 12.3 Å². The van der Waals surface area contributed by atoms with E-state index in [0.717, 1.165) is 23.0 Å². The Hall–Kier alpha value is -3.08. The quantitative estimate of drug-likeness (QED) is 0.594. The molecule has 0 spiro atoms. The Morgan fingerprint density at radius 3 is 2.71 bits per heavy atom. The molecule has 2 atom stereocenters. The number of fused-ring (bicyclic) bond motifs is 1. The van der Waals surface area contributed by atoms with Gasteiger partial charge in [-0.05, 0) is 35.6 Å². The van der Waals surface area contributed by atoms with Crippen molar-refractivity contribution in [2.75, 3.05) is 0 Å². The lowest BCUT2D eigenvalue weighted by Crippen LogP contribution is -2.20. The zero-order valence-electron chi connectivity index (χ0n) is 13.0. The Morgan fingerprint density at radius 2 is 1.88 bits per heavy atom. The number of rotatable bonds is 4. The van der Waals surface area contributed by atoms with Crippen LogP contribution in [0.5, 0.6) is 0 Å². The van der Waals surface area contributed by atoms with Crippen LogP contribution in [-0.2, 0) is 4.79 Å². The fraction of sp³-hybridized carbons (Fsp3) is 0.158. The topological polar surface area (TPSA) is 67.2 Å². The maximum Gasteiger partial charge on any atom is 0.243 e. The first-order chi connectivity index (χ1) is 11.8. The first kappa shape index (κ1) is 14.5. The van der Waals surface area contributed by atoms with E-state index in [0.29, 0.717) is 5.92 Å². The lowest BCUT2D eigenvalue weighted by molar-refractivity contribution is -0.122. The second-order valence-electron chi connectivity index (χ2n) is 5.90. The third-order valence-electron chi connectivity index (χ3n) is 4.24. The van der Waals surface area contributed by atoms with Crippen LogP contribution in [0.1, 0.15) is 23.5 Å². The molecule has 1 saturated carbocycles. The second-order valence-corrected chi connectivity index (χ2v) is 5.90. The molecule has 1 N–H and O–H groups in total. The van der Waals surface area contributed by atoms with Crippen molar-refractivity contribution in [3.63, 3.8) is 0 Å². The van der Waals surface area contributed by atoms with Gasteiger partial charge in [-0.3, -0.25) is 14.8 Å². The van der Waals surface area contributed by atoms with Crippen LogP contribution in [0.25, 0.3) is 11.0 Å². The van der Waals surface area contributed by atoms with E-state index in [1.165, 1.54) is 5.56 Å². The lowest BCUT2D eigenvalue weighted by Gasteiger charge is -2.00. The molecular formula is C19H16N4O. The molecule has 5 heteroatoms. The van der Waals surface area contributed by atoms with E-state index in [1.54, 1.807) is 18.6 Å². The number of benzene rings is 2. The lowest BCUT2D eigenvalue weighted by atomic mass is 10.1. The molecule has 0 aliphatic heterocycles. The summed E-state index contributed by atoms with van der Waals surface area (Å²) in [6.07, 6.45) is 5.83. The highest BCUT2D eigenvalue weighted by molar-refractivity contribution is 5.88. The van der Waals surface area contributed by atoms with E-state index in [9.17, 15) is 4.79 Å². The van der Waals surface area contributed by atoms with Gasteiger partial charge in [0, 0.05) is 18.3 Å². The van der Waals surface area contributed by atoms with Gasteiger partial charge in [0.2, 0.25) is 5.91 Å². The van der Waals surface area contributed by atoms with Gasteiger partial charge in [0.25, 0.3) is 0 Å². The summed E-state index contributed by atoms with van der Waals surface area (Å²) in [5, 5.41) is 4.06. The SMILES string of the molecule is O=C(N/N=C/c1ccc2nccnc2c1)[C@H]1C[C@@H]1c1ccccc1.